The maximum absolute atomic E-state index is 4.23. The number of hydrogen-bond donors (Lipinski definition) is 0. The van der Waals surface area contributed by atoms with E-state index >= 15 is 0 Å². The van der Waals surface area contributed by atoms with Gasteiger partial charge in [-0.3, -0.25) is 4.90 Å². The van der Waals surface area contributed by atoms with Gasteiger partial charge in [0.05, 0.1) is 12.0 Å². The summed E-state index contributed by atoms with van der Waals surface area (Å²) in [4.78, 5) is 9.48. The van der Waals surface area contributed by atoms with Crippen molar-refractivity contribution in [2.75, 3.05) is 20.1 Å². The molecule has 2 saturated heterocycles. The van der Waals surface area contributed by atoms with Crippen LogP contribution < -0.4 is 0 Å². The largest absolute Gasteiger partial charge is 0.337 e. The van der Waals surface area contributed by atoms with Gasteiger partial charge in [0.2, 0.25) is 0 Å². The molecule has 0 aromatic carbocycles. The minimum Gasteiger partial charge on any atom is -0.337 e. The molecule has 0 saturated carbocycles. The number of aromatic nitrogens is 2. The molecular weight excluding hydrogens is 224 g/mol. The molecule has 3 heterocycles. The van der Waals surface area contributed by atoms with E-state index < -0.39 is 0 Å². The molecule has 2 aliphatic rings. The maximum atomic E-state index is 4.23. The molecule has 0 bridgehead atoms. The van der Waals surface area contributed by atoms with E-state index in [1.165, 1.54) is 44.5 Å². The van der Waals surface area contributed by atoms with Crippen molar-refractivity contribution in [1.82, 2.24) is 19.4 Å². The number of aryl methyl sites for hydroxylation is 1. The summed E-state index contributed by atoms with van der Waals surface area (Å²) in [7, 11) is 4.39. The van der Waals surface area contributed by atoms with Crippen LogP contribution in [-0.2, 0) is 13.6 Å². The summed E-state index contributed by atoms with van der Waals surface area (Å²) in [6.07, 6.45) is 9.36. The second-order valence-electron chi connectivity index (χ2n) is 5.87. The van der Waals surface area contributed by atoms with E-state index in [1.54, 1.807) is 0 Å². The van der Waals surface area contributed by atoms with E-state index in [1.807, 2.05) is 12.5 Å². The zero-order valence-electron chi connectivity index (χ0n) is 11.5. The molecular formula is C14H24N4. The number of likely N-dealkylation sites (N-methyl/N-ethyl adjacent to an activating group) is 1. The van der Waals surface area contributed by atoms with Crippen molar-refractivity contribution in [1.29, 1.82) is 0 Å². The van der Waals surface area contributed by atoms with Crippen LogP contribution in [0.4, 0.5) is 0 Å². The zero-order valence-corrected chi connectivity index (χ0v) is 11.5. The number of nitrogens with zero attached hydrogens (tertiary/aromatic N) is 4. The monoisotopic (exact) mass is 248 g/mol. The van der Waals surface area contributed by atoms with Crippen molar-refractivity contribution in [2.45, 2.75) is 44.3 Å². The minimum atomic E-state index is 0.757. The highest BCUT2D eigenvalue weighted by Gasteiger charge is 2.37. The molecule has 0 spiro atoms. The Morgan fingerprint density at radius 3 is 2.83 bits per heavy atom. The smallest absolute Gasteiger partial charge is 0.0945 e. The Balaban J connectivity index is 1.72. The van der Waals surface area contributed by atoms with Gasteiger partial charge in [0, 0.05) is 38.4 Å². The molecule has 1 aromatic heterocycles. The Kier molecular flexibility index (Phi) is 3.39. The third-order valence-corrected chi connectivity index (χ3v) is 4.73. The van der Waals surface area contributed by atoms with E-state index in [9.17, 15) is 0 Å². The predicted octanol–water partition coefficient (Wildman–Crippen LogP) is 1.48. The van der Waals surface area contributed by atoms with Gasteiger partial charge in [0.15, 0.2) is 0 Å². The average molecular weight is 248 g/mol. The van der Waals surface area contributed by atoms with Crippen LogP contribution in [0.5, 0.6) is 0 Å². The SMILES string of the molecule is CN1CCCC[C@@H]2[C@H]1CCN2Cc1cncn1C. The van der Waals surface area contributed by atoms with Gasteiger partial charge in [0.1, 0.15) is 0 Å². The van der Waals surface area contributed by atoms with Crippen molar-refractivity contribution in [2.24, 2.45) is 7.05 Å². The highest BCUT2D eigenvalue weighted by Crippen LogP contribution is 2.30. The van der Waals surface area contributed by atoms with E-state index in [0.29, 0.717) is 0 Å². The lowest BCUT2D eigenvalue weighted by molar-refractivity contribution is 0.169. The van der Waals surface area contributed by atoms with Crippen LogP contribution in [0.2, 0.25) is 0 Å². The van der Waals surface area contributed by atoms with Gasteiger partial charge in [-0.1, -0.05) is 6.42 Å². The van der Waals surface area contributed by atoms with Crippen molar-refractivity contribution < 1.29 is 0 Å². The summed E-state index contributed by atoms with van der Waals surface area (Å²) < 4.78 is 2.15. The first-order chi connectivity index (χ1) is 8.75. The van der Waals surface area contributed by atoms with Crippen LogP contribution in [0, 0.1) is 0 Å². The van der Waals surface area contributed by atoms with Crippen LogP contribution in [-0.4, -0.2) is 51.6 Å². The molecule has 4 heteroatoms. The normalized spacial score (nSPS) is 30.3. The van der Waals surface area contributed by atoms with Crippen LogP contribution in [0.3, 0.4) is 0 Å². The van der Waals surface area contributed by atoms with Crippen molar-refractivity contribution in [3.8, 4) is 0 Å². The summed E-state index contributed by atoms with van der Waals surface area (Å²) >= 11 is 0. The van der Waals surface area contributed by atoms with Crippen molar-refractivity contribution in [3.05, 3.63) is 18.2 Å². The first-order valence-electron chi connectivity index (χ1n) is 7.15. The third-order valence-electron chi connectivity index (χ3n) is 4.73. The average Bonchev–Trinajstić information content (AvgIpc) is 2.88. The highest BCUT2D eigenvalue weighted by atomic mass is 15.3. The molecule has 0 amide bonds. The van der Waals surface area contributed by atoms with Gasteiger partial charge in [-0.2, -0.15) is 0 Å². The molecule has 0 N–H and O–H groups in total. The first-order valence-corrected chi connectivity index (χ1v) is 7.15. The summed E-state index contributed by atoms with van der Waals surface area (Å²) in [6, 6.07) is 1.54. The molecule has 0 unspecified atom stereocenters. The Labute approximate surface area is 110 Å². The number of imidazole rings is 1. The molecule has 2 aliphatic heterocycles. The Hall–Kier alpha value is -0.870. The van der Waals surface area contributed by atoms with Gasteiger partial charge in [-0.15, -0.1) is 0 Å². The number of fused-ring (bicyclic) bond motifs is 1. The van der Waals surface area contributed by atoms with Crippen LogP contribution >= 0.6 is 0 Å². The molecule has 4 nitrogen and oxygen atoms in total. The predicted molar refractivity (Wildman–Crippen MR) is 72.3 cm³/mol. The molecule has 0 radical (unpaired) electrons. The topological polar surface area (TPSA) is 24.3 Å². The molecule has 2 atom stereocenters. The van der Waals surface area contributed by atoms with E-state index in [4.69, 9.17) is 0 Å². The van der Waals surface area contributed by atoms with Gasteiger partial charge in [-0.25, -0.2) is 4.98 Å². The third kappa shape index (κ3) is 2.19. The number of likely N-dealkylation sites (tertiary alicyclic amines) is 2. The van der Waals surface area contributed by atoms with E-state index in [2.05, 4.69) is 33.4 Å². The van der Waals surface area contributed by atoms with Gasteiger partial charge < -0.3 is 9.47 Å². The summed E-state index contributed by atoms with van der Waals surface area (Å²) in [6.45, 7) is 3.58. The lowest BCUT2D eigenvalue weighted by atomic mass is 10.0. The van der Waals surface area contributed by atoms with Gasteiger partial charge in [-0.05, 0) is 32.9 Å². The van der Waals surface area contributed by atoms with Crippen molar-refractivity contribution in [3.63, 3.8) is 0 Å². The quantitative estimate of drug-likeness (QED) is 0.792. The van der Waals surface area contributed by atoms with Gasteiger partial charge >= 0.3 is 0 Å². The fourth-order valence-corrected chi connectivity index (χ4v) is 3.61. The van der Waals surface area contributed by atoms with E-state index in [0.717, 1.165) is 18.6 Å². The molecule has 18 heavy (non-hydrogen) atoms. The fourth-order valence-electron chi connectivity index (χ4n) is 3.61. The standard InChI is InChI=1S/C14H24N4/c1-16-7-4-3-5-14-13(16)6-8-18(14)10-12-9-15-11-17(12)2/h9,11,13-14H,3-8,10H2,1-2H3/t13-,14-/m1/s1. The zero-order chi connectivity index (χ0) is 12.5. The van der Waals surface area contributed by atoms with Crippen LogP contribution in [0.15, 0.2) is 12.5 Å². The number of hydrogen-bond acceptors (Lipinski definition) is 3. The lowest BCUT2D eigenvalue weighted by Crippen LogP contribution is -2.41. The molecule has 1 aromatic rings. The summed E-state index contributed by atoms with van der Waals surface area (Å²) in [5.74, 6) is 0. The minimum absolute atomic E-state index is 0.757. The lowest BCUT2D eigenvalue weighted by Gasteiger charge is -2.30. The van der Waals surface area contributed by atoms with Gasteiger partial charge in [0.25, 0.3) is 0 Å². The van der Waals surface area contributed by atoms with Crippen molar-refractivity contribution >= 4 is 0 Å². The Morgan fingerprint density at radius 1 is 1.17 bits per heavy atom. The highest BCUT2D eigenvalue weighted by molar-refractivity contribution is 5.02. The fraction of sp³-hybridized carbons (Fsp3) is 0.786. The van der Waals surface area contributed by atoms with Crippen LogP contribution in [0.1, 0.15) is 31.4 Å². The summed E-state index contributed by atoms with van der Waals surface area (Å²) in [5.41, 5.74) is 1.34. The van der Waals surface area contributed by atoms with E-state index in [-0.39, 0.29) is 0 Å². The first kappa shape index (κ1) is 12.2. The Bertz CT molecular complexity index is 400. The second kappa shape index (κ2) is 5.02. The maximum Gasteiger partial charge on any atom is 0.0945 e. The molecule has 100 valence electrons. The molecule has 3 rings (SSSR count). The Morgan fingerprint density at radius 2 is 2.06 bits per heavy atom. The van der Waals surface area contributed by atoms with Crippen LogP contribution in [0.25, 0.3) is 0 Å². The molecule has 0 aliphatic carbocycles. The summed E-state index contributed by atoms with van der Waals surface area (Å²) in [5, 5.41) is 0. The second-order valence-corrected chi connectivity index (χ2v) is 5.87. The molecule has 2 fully saturated rings. The number of rotatable bonds is 2.